The van der Waals surface area contributed by atoms with Gasteiger partial charge in [-0.2, -0.15) is 0 Å². The van der Waals surface area contributed by atoms with Crippen LogP contribution in [0, 0.1) is 10.5 Å². The minimum atomic E-state index is 0.875. The molecular formula is C14H14IN. The fraction of sp³-hybridized carbons (Fsp3) is 0.143. The van der Waals surface area contributed by atoms with E-state index in [-0.39, 0.29) is 0 Å². The number of halogens is 1. The summed E-state index contributed by atoms with van der Waals surface area (Å²) in [6, 6.07) is 16.9. The van der Waals surface area contributed by atoms with Crippen LogP contribution in [0.2, 0.25) is 0 Å². The molecule has 0 fully saturated rings. The second-order valence-electron chi connectivity index (χ2n) is 3.82. The molecule has 0 aromatic heterocycles. The lowest BCUT2D eigenvalue weighted by atomic mass is 10.1. The van der Waals surface area contributed by atoms with E-state index in [9.17, 15) is 0 Å². The van der Waals surface area contributed by atoms with Crippen LogP contribution in [0.4, 0.5) is 5.69 Å². The zero-order valence-electron chi connectivity index (χ0n) is 9.20. The Balaban J connectivity index is 2.02. The standard InChI is InChI=1S/C14H14IN/c1-11-6-8-12(9-7-11)10-16-14-5-3-2-4-13(14)15/h2-9,16H,10H2,1H3. The van der Waals surface area contributed by atoms with Gasteiger partial charge in [0.05, 0.1) is 0 Å². The smallest absolute Gasteiger partial charge is 0.0478 e. The lowest BCUT2D eigenvalue weighted by Gasteiger charge is -2.08. The molecule has 0 spiro atoms. The maximum atomic E-state index is 3.44. The van der Waals surface area contributed by atoms with Crippen molar-refractivity contribution < 1.29 is 0 Å². The first-order valence-electron chi connectivity index (χ1n) is 5.29. The van der Waals surface area contributed by atoms with Gasteiger partial charge < -0.3 is 5.32 Å². The number of hydrogen-bond donors (Lipinski definition) is 1. The topological polar surface area (TPSA) is 12.0 Å². The van der Waals surface area contributed by atoms with Crippen LogP contribution >= 0.6 is 22.6 Å². The molecule has 0 unspecified atom stereocenters. The molecule has 1 nitrogen and oxygen atoms in total. The van der Waals surface area contributed by atoms with Gasteiger partial charge in [0.15, 0.2) is 0 Å². The summed E-state index contributed by atoms with van der Waals surface area (Å²) in [5.41, 5.74) is 3.81. The normalized spacial score (nSPS) is 10.1. The third-order valence-electron chi connectivity index (χ3n) is 2.48. The Kier molecular flexibility index (Phi) is 3.83. The third kappa shape index (κ3) is 2.98. The zero-order valence-corrected chi connectivity index (χ0v) is 11.4. The average Bonchev–Trinajstić information content (AvgIpc) is 2.30. The quantitative estimate of drug-likeness (QED) is 0.834. The highest BCUT2D eigenvalue weighted by molar-refractivity contribution is 14.1. The van der Waals surface area contributed by atoms with Gasteiger partial charge in [0.1, 0.15) is 0 Å². The maximum Gasteiger partial charge on any atom is 0.0478 e. The zero-order chi connectivity index (χ0) is 11.4. The van der Waals surface area contributed by atoms with E-state index in [1.54, 1.807) is 0 Å². The van der Waals surface area contributed by atoms with Gasteiger partial charge in [0.25, 0.3) is 0 Å². The molecular weight excluding hydrogens is 309 g/mol. The Labute approximate surface area is 110 Å². The van der Waals surface area contributed by atoms with Gasteiger partial charge in [-0.25, -0.2) is 0 Å². The summed E-state index contributed by atoms with van der Waals surface area (Å²) in [5.74, 6) is 0. The molecule has 0 saturated carbocycles. The summed E-state index contributed by atoms with van der Waals surface area (Å²) in [4.78, 5) is 0. The monoisotopic (exact) mass is 323 g/mol. The average molecular weight is 323 g/mol. The molecule has 2 aromatic rings. The van der Waals surface area contributed by atoms with Crippen molar-refractivity contribution in [1.29, 1.82) is 0 Å². The predicted molar refractivity (Wildman–Crippen MR) is 77.7 cm³/mol. The van der Waals surface area contributed by atoms with E-state index in [0.29, 0.717) is 0 Å². The van der Waals surface area contributed by atoms with Crippen LogP contribution in [0.25, 0.3) is 0 Å². The first kappa shape index (κ1) is 11.5. The minimum Gasteiger partial charge on any atom is -0.380 e. The van der Waals surface area contributed by atoms with Crippen molar-refractivity contribution >= 4 is 28.3 Å². The second kappa shape index (κ2) is 5.34. The second-order valence-corrected chi connectivity index (χ2v) is 4.98. The molecule has 0 saturated heterocycles. The molecule has 0 atom stereocenters. The molecule has 82 valence electrons. The highest BCUT2D eigenvalue weighted by Gasteiger charge is 1.97. The van der Waals surface area contributed by atoms with E-state index in [4.69, 9.17) is 0 Å². The molecule has 2 aromatic carbocycles. The molecule has 0 bridgehead atoms. The molecule has 0 aliphatic carbocycles. The Hall–Kier alpha value is -1.03. The van der Waals surface area contributed by atoms with Gasteiger partial charge in [-0.1, -0.05) is 42.0 Å². The third-order valence-corrected chi connectivity index (χ3v) is 3.42. The van der Waals surface area contributed by atoms with Gasteiger partial charge in [0, 0.05) is 15.8 Å². The van der Waals surface area contributed by atoms with Crippen LogP contribution < -0.4 is 5.32 Å². The van der Waals surface area contributed by atoms with Crippen molar-refractivity contribution in [2.45, 2.75) is 13.5 Å². The highest BCUT2D eigenvalue weighted by atomic mass is 127. The Bertz CT molecular complexity index is 462. The molecule has 2 heteroatoms. The maximum absolute atomic E-state index is 3.44. The summed E-state index contributed by atoms with van der Waals surface area (Å²) in [6.07, 6.45) is 0. The first-order valence-corrected chi connectivity index (χ1v) is 6.37. The molecule has 0 aliphatic heterocycles. The van der Waals surface area contributed by atoms with Crippen LogP contribution in [0.5, 0.6) is 0 Å². The van der Waals surface area contributed by atoms with Crippen LogP contribution in [-0.2, 0) is 6.54 Å². The van der Waals surface area contributed by atoms with Gasteiger partial charge in [-0.15, -0.1) is 0 Å². The van der Waals surface area contributed by atoms with Gasteiger partial charge in [-0.05, 0) is 47.2 Å². The number of rotatable bonds is 3. The van der Waals surface area contributed by atoms with Crippen molar-refractivity contribution in [3.05, 3.63) is 63.2 Å². The number of nitrogens with one attached hydrogen (secondary N) is 1. The van der Waals surface area contributed by atoms with Crippen LogP contribution in [-0.4, -0.2) is 0 Å². The minimum absolute atomic E-state index is 0.875. The lowest BCUT2D eigenvalue weighted by molar-refractivity contribution is 1.14. The van der Waals surface area contributed by atoms with Crippen molar-refractivity contribution in [2.24, 2.45) is 0 Å². The Morgan fingerprint density at radius 2 is 1.69 bits per heavy atom. The highest BCUT2D eigenvalue weighted by Crippen LogP contribution is 2.17. The van der Waals surface area contributed by atoms with Crippen LogP contribution in [0.3, 0.4) is 0 Å². The number of anilines is 1. The van der Waals surface area contributed by atoms with Crippen molar-refractivity contribution in [3.8, 4) is 0 Å². The van der Waals surface area contributed by atoms with Crippen LogP contribution in [0.1, 0.15) is 11.1 Å². The van der Waals surface area contributed by atoms with Gasteiger partial charge in [-0.3, -0.25) is 0 Å². The van der Waals surface area contributed by atoms with E-state index >= 15 is 0 Å². The van der Waals surface area contributed by atoms with Crippen molar-refractivity contribution in [2.75, 3.05) is 5.32 Å². The summed E-state index contributed by atoms with van der Waals surface area (Å²) in [6.45, 7) is 2.98. The molecule has 16 heavy (non-hydrogen) atoms. The number of para-hydroxylation sites is 1. The lowest BCUT2D eigenvalue weighted by Crippen LogP contribution is -2.00. The fourth-order valence-electron chi connectivity index (χ4n) is 1.51. The van der Waals surface area contributed by atoms with Crippen molar-refractivity contribution in [1.82, 2.24) is 0 Å². The molecule has 0 amide bonds. The predicted octanol–water partition coefficient (Wildman–Crippen LogP) is 4.21. The number of benzene rings is 2. The summed E-state index contributed by atoms with van der Waals surface area (Å²) in [7, 11) is 0. The van der Waals surface area contributed by atoms with E-state index in [0.717, 1.165) is 6.54 Å². The molecule has 1 N–H and O–H groups in total. The van der Waals surface area contributed by atoms with Crippen molar-refractivity contribution in [3.63, 3.8) is 0 Å². The Morgan fingerprint density at radius 1 is 1.00 bits per heavy atom. The van der Waals surface area contributed by atoms with E-state index in [2.05, 4.69) is 83.4 Å². The van der Waals surface area contributed by atoms with E-state index in [1.807, 2.05) is 0 Å². The molecule has 0 aliphatic rings. The summed E-state index contributed by atoms with van der Waals surface area (Å²) >= 11 is 2.35. The fourth-order valence-corrected chi connectivity index (χ4v) is 2.09. The van der Waals surface area contributed by atoms with Crippen LogP contribution in [0.15, 0.2) is 48.5 Å². The van der Waals surface area contributed by atoms with E-state index < -0.39 is 0 Å². The van der Waals surface area contributed by atoms with E-state index in [1.165, 1.54) is 20.4 Å². The summed E-state index contributed by atoms with van der Waals surface area (Å²) < 4.78 is 1.26. The van der Waals surface area contributed by atoms with Gasteiger partial charge >= 0.3 is 0 Å². The Morgan fingerprint density at radius 3 is 2.38 bits per heavy atom. The van der Waals surface area contributed by atoms with Gasteiger partial charge in [0.2, 0.25) is 0 Å². The molecule has 0 heterocycles. The number of hydrogen-bond acceptors (Lipinski definition) is 1. The largest absolute Gasteiger partial charge is 0.380 e. The molecule has 0 radical (unpaired) electrons. The first-order chi connectivity index (χ1) is 7.75. The SMILES string of the molecule is Cc1ccc(CNc2ccccc2I)cc1. The molecule has 2 rings (SSSR count). The number of aryl methyl sites for hydroxylation is 1. The summed E-state index contributed by atoms with van der Waals surface area (Å²) in [5, 5.41) is 3.44.